The number of likely N-dealkylation sites (N-methyl/N-ethyl adjacent to an activating group) is 1. The molecule has 1 rings (SSSR count). The monoisotopic (exact) mass is 274 g/mol. The molecule has 0 aliphatic heterocycles. The molecular formula is C10H18N4O3S. The van der Waals surface area contributed by atoms with E-state index in [0.717, 1.165) is 0 Å². The molecule has 1 aromatic heterocycles. The molecular weight excluding hydrogens is 256 g/mol. The second kappa shape index (κ2) is 7.14. The number of amides is 1. The van der Waals surface area contributed by atoms with E-state index in [1.165, 1.54) is 11.5 Å². The van der Waals surface area contributed by atoms with Crippen LogP contribution in [0, 0.1) is 0 Å². The largest absolute Gasteiger partial charge is 0.394 e. The van der Waals surface area contributed by atoms with E-state index >= 15 is 0 Å². The highest BCUT2D eigenvalue weighted by atomic mass is 32.1. The number of ether oxygens (including phenoxy) is 1. The number of nitrogens with two attached hydrogens (primary N) is 1. The summed E-state index contributed by atoms with van der Waals surface area (Å²) >= 11 is 1.18. The Morgan fingerprint density at radius 2 is 2.33 bits per heavy atom. The molecule has 0 aliphatic rings. The van der Waals surface area contributed by atoms with Crippen molar-refractivity contribution < 1.29 is 14.6 Å². The van der Waals surface area contributed by atoms with E-state index in [4.69, 9.17) is 15.6 Å². The van der Waals surface area contributed by atoms with Crippen molar-refractivity contribution in [3.8, 4) is 0 Å². The van der Waals surface area contributed by atoms with Crippen LogP contribution in [0.2, 0.25) is 0 Å². The van der Waals surface area contributed by atoms with E-state index in [0.29, 0.717) is 30.3 Å². The quantitative estimate of drug-likeness (QED) is 0.581. The van der Waals surface area contributed by atoms with Crippen LogP contribution in [0.25, 0.3) is 0 Å². The van der Waals surface area contributed by atoms with E-state index in [-0.39, 0.29) is 18.3 Å². The molecule has 0 aromatic carbocycles. The number of carbonyl (C=O) groups excluding carboxylic acids is 1. The number of carbonyl (C=O) groups is 1. The van der Waals surface area contributed by atoms with Gasteiger partial charge in [-0.05, 0) is 11.5 Å². The van der Waals surface area contributed by atoms with Crippen LogP contribution in [0.1, 0.15) is 10.4 Å². The highest BCUT2D eigenvalue weighted by Gasteiger charge is 2.20. The normalized spacial score (nSPS) is 10.4. The lowest BCUT2D eigenvalue weighted by Gasteiger charge is -2.18. The lowest BCUT2D eigenvalue weighted by atomic mass is 10.3. The fourth-order valence-corrected chi connectivity index (χ4v) is 2.16. The van der Waals surface area contributed by atoms with Crippen molar-refractivity contribution >= 4 is 28.3 Å². The van der Waals surface area contributed by atoms with Crippen LogP contribution in [0.15, 0.2) is 0 Å². The first kappa shape index (κ1) is 14.7. The van der Waals surface area contributed by atoms with E-state index in [9.17, 15) is 4.79 Å². The molecule has 4 N–H and O–H groups in total. The molecule has 0 atom stereocenters. The highest BCUT2D eigenvalue weighted by molar-refractivity contribution is 7.11. The number of nitrogens with zero attached hydrogens (tertiary/aromatic N) is 2. The second-order valence-electron chi connectivity index (χ2n) is 3.58. The van der Waals surface area contributed by atoms with Crippen LogP contribution < -0.4 is 16.0 Å². The third kappa shape index (κ3) is 3.56. The summed E-state index contributed by atoms with van der Waals surface area (Å²) in [5, 5.41) is 11.8. The van der Waals surface area contributed by atoms with E-state index in [1.807, 2.05) is 11.9 Å². The molecule has 102 valence electrons. The van der Waals surface area contributed by atoms with E-state index in [2.05, 4.69) is 9.69 Å². The van der Waals surface area contributed by atoms with Crippen molar-refractivity contribution in [2.45, 2.75) is 0 Å². The van der Waals surface area contributed by atoms with Gasteiger partial charge in [-0.2, -0.15) is 4.37 Å². The second-order valence-corrected chi connectivity index (χ2v) is 4.34. The summed E-state index contributed by atoms with van der Waals surface area (Å²) in [5.41, 5.74) is 6.08. The summed E-state index contributed by atoms with van der Waals surface area (Å²) in [6.45, 7) is 1.36. The SMILES string of the molecule is CNC(=O)c1c(N)nsc1N(C)CCOCCO. The zero-order valence-corrected chi connectivity index (χ0v) is 11.3. The molecule has 0 radical (unpaired) electrons. The third-order valence-electron chi connectivity index (χ3n) is 2.31. The first-order valence-corrected chi connectivity index (χ1v) is 6.26. The standard InChI is InChI=1S/C10H18N4O3S/c1-12-9(16)7-8(11)13-18-10(7)14(2)3-5-17-6-4-15/h15H,3-6H2,1-2H3,(H2,11,13)(H,12,16). The van der Waals surface area contributed by atoms with Gasteiger partial charge in [0.05, 0.1) is 19.8 Å². The maximum Gasteiger partial charge on any atom is 0.257 e. The molecule has 0 saturated carbocycles. The van der Waals surface area contributed by atoms with Crippen molar-refractivity contribution in [2.24, 2.45) is 0 Å². The summed E-state index contributed by atoms with van der Waals surface area (Å²) in [5.74, 6) is -0.0168. The Morgan fingerprint density at radius 1 is 1.61 bits per heavy atom. The van der Waals surface area contributed by atoms with E-state index in [1.54, 1.807) is 7.05 Å². The van der Waals surface area contributed by atoms with Crippen molar-refractivity contribution in [1.82, 2.24) is 9.69 Å². The topological polar surface area (TPSA) is 101 Å². The van der Waals surface area contributed by atoms with Gasteiger partial charge >= 0.3 is 0 Å². The predicted molar refractivity (Wildman–Crippen MR) is 71.1 cm³/mol. The van der Waals surface area contributed by atoms with Crippen LogP contribution in [0.5, 0.6) is 0 Å². The Balaban J connectivity index is 2.67. The molecule has 7 nitrogen and oxygen atoms in total. The van der Waals surface area contributed by atoms with Crippen LogP contribution in [-0.4, -0.2) is 55.8 Å². The van der Waals surface area contributed by atoms with Crippen LogP contribution in [0.3, 0.4) is 0 Å². The van der Waals surface area contributed by atoms with Crippen LogP contribution in [-0.2, 0) is 4.74 Å². The maximum absolute atomic E-state index is 11.7. The van der Waals surface area contributed by atoms with Crippen molar-refractivity contribution in [1.29, 1.82) is 0 Å². The van der Waals surface area contributed by atoms with Gasteiger partial charge in [0.1, 0.15) is 10.6 Å². The van der Waals surface area contributed by atoms with Crippen LogP contribution in [0.4, 0.5) is 10.8 Å². The van der Waals surface area contributed by atoms with Gasteiger partial charge < -0.3 is 25.8 Å². The van der Waals surface area contributed by atoms with E-state index < -0.39 is 0 Å². The zero-order valence-electron chi connectivity index (χ0n) is 10.5. The molecule has 1 amide bonds. The molecule has 0 bridgehead atoms. The minimum atomic E-state index is -0.251. The van der Waals surface area contributed by atoms with Crippen molar-refractivity contribution in [3.63, 3.8) is 0 Å². The number of aliphatic hydroxyl groups excluding tert-OH is 1. The number of rotatable bonds is 7. The molecule has 1 aromatic rings. The van der Waals surface area contributed by atoms with Gasteiger partial charge in [0, 0.05) is 20.6 Å². The van der Waals surface area contributed by atoms with Gasteiger partial charge in [-0.25, -0.2) is 0 Å². The smallest absolute Gasteiger partial charge is 0.257 e. The minimum absolute atomic E-state index is 0.000705. The molecule has 1 heterocycles. The fourth-order valence-electron chi connectivity index (χ4n) is 1.36. The molecule has 8 heteroatoms. The lowest BCUT2D eigenvalue weighted by molar-refractivity contribution is 0.0959. The summed E-state index contributed by atoms with van der Waals surface area (Å²) < 4.78 is 9.16. The molecule has 18 heavy (non-hydrogen) atoms. The fraction of sp³-hybridized carbons (Fsp3) is 0.600. The minimum Gasteiger partial charge on any atom is -0.394 e. The Hall–Kier alpha value is -1.38. The Bertz CT molecular complexity index is 396. The first-order valence-electron chi connectivity index (χ1n) is 5.48. The molecule has 0 unspecified atom stereocenters. The average Bonchev–Trinajstić information content (AvgIpc) is 2.75. The Morgan fingerprint density at radius 3 is 2.94 bits per heavy atom. The number of aromatic nitrogens is 1. The third-order valence-corrected chi connectivity index (χ3v) is 3.28. The summed E-state index contributed by atoms with van der Waals surface area (Å²) in [6.07, 6.45) is 0. The van der Waals surface area contributed by atoms with Gasteiger partial charge in [0.2, 0.25) is 0 Å². The van der Waals surface area contributed by atoms with Gasteiger partial charge in [0.15, 0.2) is 5.82 Å². The van der Waals surface area contributed by atoms with Gasteiger partial charge in [0.25, 0.3) is 5.91 Å². The number of nitrogens with one attached hydrogen (secondary N) is 1. The summed E-state index contributed by atoms with van der Waals surface area (Å²) in [6, 6.07) is 0. The first-order chi connectivity index (χ1) is 8.61. The van der Waals surface area contributed by atoms with Gasteiger partial charge in [-0.3, -0.25) is 4.79 Å². The number of nitrogen functional groups attached to an aromatic ring is 1. The molecule has 0 spiro atoms. The number of hydrogen-bond donors (Lipinski definition) is 3. The van der Waals surface area contributed by atoms with Crippen LogP contribution >= 0.6 is 11.5 Å². The summed E-state index contributed by atoms with van der Waals surface area (Å²) in [4.78, 5) is 13.5. The lowest BCUT2D eigenvalue weighted by Crippen LogP contribution is -2.26. The zero-order chi connectivity index (χ0) is 13.5. The maximum atomic E-state index is 11.7. The van der Waals surface area contributed by atoms with Gasteiger partial charge in [-0.1, -0.05) is 0 Å². The van der Waals surface area contributed by atoms with Gasteiger partial charge in [-0.15, -0.1) is 0 Å². The van der Waals surface area contributed by atoms with Crippen molar-refractivity contribution in [2.75, 3.05) is 51.1 Å². The highest BCUT2D eigenvalue weighted by Crippen LogP contribution is 2.29. The molecule has 0 aliphatic carbocycles. The average molecular weight is 274 g/mol. The number of hydrogen-bond acceptors (Lipinski definition) is 7. The number of aliphatic hydroxyl groups is 1. The molecule has 0 saturated heterocycles. The molecule has 0 fully saturated rings. The predicted octanol–water partition coefficient (Wildman–Crippen LogP) is -0.470. The summed E-state index contributed by atoms with van der Waals surface area (Å²) in [7, 11) is 3.38. The number of anilines is 2. The Labute approximate surface area is 110 Å². The Kier molecular flexibility index (Phi) is 5.83. The van der Waals surface area contributed by atoms with Crippen molar-refractivity contribution in [3.05, 3.63) is 5.56 Å².